The number of thiophene rings is 1. The number of benzene rings is 1. The van der Waals surface area contributed by atoms with Gasteiger partial charge in [-0.2, -0.15) is 0 Å². The van der Waals surface area contributed by atoms with Gasteiger partial charge in [0.1, 0.15) is 6.04 Å². The first-order chi connectivity index (χ1) is 18.4. The van der Waals surface area contributed by atoms with Crippen LogP contribution in [0.2, 0.25) is 0 Å². The lowest BCUT2D eigenvalue weighted by Crippen LogP contribution is -2.61. The summed E-state index contributed by atoms with van der Waals surface area (Å²) < 4.78 is 0. The van der Waals surface area contributed by atoms with Crippen molar-refractivity contribution in [2.45, 2.75) is 31.7 Å². The molecule has 10 nitrogen and oxygen atoms in total. The van der Waals surface area contributed by atoms with Gasteiger partial charge in [-0.1, -0.05) is 24.3 Å². The molecule has 3 amide bonds. The van der Waals surface area contributed by atoms with E-state index in [9.17, 15) is 24.5 Å². The van der Waals surface area contributed by atoms with Gasteiger partial charge >= 0.3 is 0 Å². The molecule has 1 aliphatic heterocycles. The minimum absolute atomic E-state index is 0.00787. The van der Waals surface area contributed by atoms with Crippen LogP contribution >= 0.6 is 11.3 Å². The Kier molecular flexibility index (Phi) is 9.15. The number of non-ortho nitro benzene ring substituents is 1. The molecule has 2 aromatic heterocycles. The number of pyridine rings is 1. The summed E-state index contributed by atoms with van der Waals surface area (Å²) >= 11 is 1.59. The molecule has 1 aromatic carbocycles. The van der Waals surface area contributed by atoms with Crippen LogP contribution in [0, 0.1) is 10.1 Å². The number of rotatable bonds is 12. The van der Waals surface area contributed by atoms with Crippen LogP contribution in [-0.2, 0) is 33.6 Å². The highest BCUT2D eigenvalue weighted by Gasteiger charge is 2.40. The van der Waals surface area contributed by atoms with Gasteiger partial charge in [0, 0.05) is 55.0 Å². The van der Waals surface area contributed by atoms with Crippen molar-refractivity contribution in [3.05, 3.63) is 92.4 Å². The van der Waals surface area contributed by atoms with Crippen molar-refractivity contribution in [1.82, 2.24) is 20.1 Å². The number of carbonyl (C=O) groups is 3. The van der Waals surface area contributed by atoms with Gasteiger partial charge in [0.15, 0.2) is 0 Å². The molecule has 0 radical (unpaired) electrons. The van der Waals surface area contributed by atoms with Crippen molar-refractivity contribution in [3.63, 3.8) is 0 Å². The fraction of sp³-hybridized carbons (Fsp3) is 0.333. The zero-order chi connectivity index (χ0) is 26.9. The first kappa shape index (κ1) is 26.9. The summed E-state index contributed by atoms with van der Waals surface area (Å²) in [5.74, 6) is -0.742. The number of nitro benzene ring substituents is 1. The van der Waals surface area contributed by atoms with Gasteiger partial charge in [0.05, 0.1) is 17.9 Å². The van der Waals surface area contributed by atoms with E-state index in [-0.39, 0.29) is 36.4 Å². The summed E-state index contributed by atoms with van der Waals surface area (Å²) in [6.45, 7) is 0.997. The second-order valence-electron chi connectivity index (χ2n) is 8.99. The third kappa shape index (κ3) is 7.22. The number of amides is 3. The molecule has 0 saturated carbocycles. The summed E-state index contributed by atoms with van der Waals surface area (Å²) in [5.41, 5.74) is 1.68. The number of aromatic nitrogens is 1. The maximum atomic E-state index is 13.5. The van der Waals surface area contributed by atoms with E-state index >= 15 is 0 Å². The van der Waals surface area contributed by atoms with Crippen LogP contribution < -0.4 is 5.32 Å². The van der Waals surface area contributed by atoms with Gasteiger partial charge in [-0.15, -0.1) is 11.3 Å². The van der Waals surface area contributed by atoms with Crippen LogP contribution in [0.5, 0.6) is 0 Å². The van der Waals surface area contributed by atoms with Crippen molar-refractivity contribution in [2.75, 3.05) is 26.2 Å². The van der Waals surface area contributed by atoms with E-state index in [0.29, 0.717) is 38.9 Å². The SMILES string of the molecule is O=C(CC1C(=O)N(CCc2ccccn2)CC(=O)N1CCc1cccs1)NCCc1ccc([N+](=O)[O-])cc1. The lowest BCUT2D eigenvalue weighted by atomic mass is 10.0. The predicted molar refractivity (Wildman–Crippen MR) is 142 cm³/mol. The highest BCUT2D eigenvalue weighted by molar-refractivity contribution is 7.09. The molecule has 198 valence electrons. The van der Waals surface area contributed by atoms with E-state index < -0.39 is 11.0 Å². The molecule has 1 atom stereocenters. The van der Waals surface area contributed by atoms with Crippen molar-refractivity contribution in [3.8, 4) is 0 Å². The van der Waals surface area contributed by atoms with Gasteiger partial charge in [-0.3, -0.25) is 29.5 Å². The summed E-state index contributed by atoms with van der Waals surface area (Å²) in [7, 11) is 0. The lowest BCUT2D eigenvalue weighted by Gasteiger charge is -2.40. The van der Waals surface area contributed by atoms with Crippen molar-refractivity contribution >= 4 is 34.7 Å². The maximum Gasteiger partial charge on any atom is 0.269 e. The third-order valence-corrected chi connectivity index (χ3v) is 7.36. The minimum Gasteiger partial charge on any atom is -0.356 e. The van der Waals surface area contributed by atoms with Crippen LogP contribution in [0.25, 0.3) is 0 Å². The Labute approximate surface area is 224 Å². The van der Waals surface area contributed by atoms with Gasteiger partial charge < -0.3 is 15.1 Å². The topological polar surface area (TPSA) is 126 Å². The van der Waals surface area contributed by atoms with E-state index in [2.05, 4.69) is 10.3 Å². The average molecular weight is 536 g/mol. The van der Waals surface area contributed by atoms with Crippen LogP contribution in [0.1, 0.15) is 22.6 Å². The van der Waals surface area contributed by atoms with E-state index in [4.69, 9.17) is 0 Å². The zero-order valence-corrected chi connectivity index (χ0v) is 21.6. The molecule has 0 aliphatic carbocycles. The molecule has 3 heterocycles. The third-order valence-electron chi connectivity index (χ3n) is 6.42. The Morgan fingerprint density at radius 1 is 1.05 bits per heavy atom. The monoisotopic (exact) mass is 535 g/mol. The zero-order valence-electron chi connectivity index (χ0n) is 20.8. The molecule has 38 heavy (non-hydrogen) atoms. The quantitative estimate of drug-likeness (QED) is 0.281. The summed E-state index contributed by atoms with van der Waals surface area (Å²) in [6, 6.07) is 14.8. The van der Waals surface area contributed by atoms with Gasteiger partial charge in [0.2, 0.25) is 17.7 Å². The molecule has 1 aliphatic rings. The van der Waals surface area contributed by atoms with Crippen LogP contribution in [0.4, 0.5) is 5.69 Å². The molecule has 11 heteroatoms. The molecular formula is C27H29N5O5S. The number of carbonyl (C=O) groups excluding carboxylic acids is 3. The molecule has 1 saturated heterocycles. The second-order valence-corrected chi connectivity index (χ2v) is 10.0. The molecule has 0 bridgehead atoms. The summed E-state index contributed by atoms with van der Waals surface area (Å²) in [4.78, 5) is 58.2. The number of nitro groups is 1. The Morgan fingerprint density at radius 2 is 1.87 bits per heavy atom. The Hall–Kier alpha value is -4.12. The number of nitrogens with one attached hydrogen (secondary N) is 1. The van der Waals surface area contributed by atoms with Crippen molar-refractivity contribution in [1.29, 1.82) is 0 Å². The molecule has 1 fully saturated rings. The first-order valence-corrected chi connectivity index (χ1v) is 13.3. The van der Waals surface area contributed by atoms with Crippen LogP contribution in [0.3, 0.4) is 0 Å². The van der Waals surface area contributed by atoms with Gasteiger partial charge in [-0.05, 0) is 42.0 Å². The smallest absolute Gasteiger partial charge is 0.269 e. The fourth-order valence-corrected chi connectivity index (χ4v) is 5.07. The Balaban J connectivity index is 1.38. The number of hydrogen-bond acceptors (Lipinski definition) is 7. The first-order valence-electron chi connectivity index (χ1n) is 12.4. The number of hydrogen-bond donors (Lipinski definition) is 1. The predicted octanol–water partition coefficient (Wildman–Crippen LogP) is 2.62. The lowest BCUT2D eigenvalue weighted by molar-refractivity contribution is -0.384. The largest absolute Gasteiger partial charge is 0.356 e. The van der Waals surface area contributed by atoms with E-state index in [0.717, 1.165) is 16.1 Å². The molecule has 4 rings (SSSR count). The van der Waals surface area contributed by atoms with Gasteiger partial charge in [0.25, 0.3) is 5.69 Å². The molecule has 1 N–H and O–H groups in total. The summed E-state index contributed by atoms with van der Waals surface area (Å²) in [5, 5.41) is 15.6. The number of nitrogens with zero attached hydrogens (tertiary/aromatic N) is 4. The van der Waals surface area contributed by atoms with Crippen LogP contribution in [0.15, 0.2) is 66.2 Å². The van der Waals surface area contributed by atoms with E-state index in [1.807, 2.05) is 35.7 Å². The molecular weight excluding hydrogens is 506 g/mol. The minimum atomic E-state index is -0.876. The normalized spacial score (nSPS) is 15.5. The van der Waals surface area contributed by atoms with Gasteiger partial charge in [-0.25, -0.2) is 0 Å². The molecule has 0 spiro atoms. The summed E-state index contributed by atoms with van der Waals surface area (Å²) in [6.07, 6.45) is 3.18. The maximum absolute atomic E-state index is 13.5. The van der Waals surface area contributed by atoms with E-state index in [1.54, 1.807) is 29.7 Å². The second kappa shape index (κ2) is 12.9. The van der Waals surface area contributed by atoms with Crippen molar-refractivity contribution < 1.29 is 19.3 Å². The fourth-order valence-electron chi connectivity index (χ4n) is 4.38. The Morgan fingerprint density at radius 3 is 2.55 bits per heavy atom. The average Bonchev–Trinajstić information content (AvgIpc) is 3.44. The molecule has 1 unspecified atom stereocenters. The highest BCUT2D eigenvalue weighted by atomic mass is 32.1. The highest BCUT2D eigenvalue weighted by Crippen LogP contribution is 2.19. The standard InChI is InChI=1S/C27H29N5O5S/c33-25(29-14-10-20-6-8-22(9-7-20)32(36)37)18-24-27(35)30(15-11-21-4-1-2-13-28-21)19-26(34)31(24)16-12-23-5-3-17-38-23/h1-9,13,17,24H,10-12,14-16,18-19H2,(H,29,33). The molecule has 3 aromatic rings. The van der Waals surface area contributed by atoms with E-state index in [1.165, 1.54) is 21.9 Å². The number of piperazine rings is 1. The van der Waals surface area contributed by atoms with Crippen LogP contribution in [-0.4, -0.2) is 69.6 Å². The van der Waals surface area contributed by atoms with Crippen molar-refractivity contribution in [2.24, 2.45) is 0 Å². The Bertz CT molecular complexity index is 1250.